The molecule has 1 aliphatic rings. The molecule has 1 heterocycles. The number of nitrogens with one attached hydrogen (secondary N) is 1. The normalized spacial score (nSPS) is 14.9. The minimum absolute atomic E-state index is 0.217. The maximum Gasteiger partial charge on any atom is 0.277 e. The van der Waals surface area contributed by atoms with Crippen molar-refractivity contribution in [3.63, 3.8) is 0 Å². The molecule has 1 aromatic carbocycles. The molecule has 0 atom stereocenters. The molecular weight excluding hydrogens is 322 g/mol. The van der Waals surface area contributed by atoms with E-state index < -0.39 is 5.91 Å². The van der Waals surface area contributed by atoms with Gasteiger partial charge < -0.3 is 20.2 Å². The van der Waals surface area contributed by atoms with Gasteiger partial charge in [-0.3, -0.25) is 9.59 Å². The highest BCUT2D eigenvalue weighted by Crippen LogP contribution is 2.32. The number of hydrogen-bond donors (Lipinski definition) is 2. The van der Waals surface area contributed by atoms with Crippen LogP contribution in [0, 0.1) is 0 Å². The van der Waals surface area contributed by atoms with E-state index in [4.69, 9.17) is 14.9 Å². The summed E-state index contributed by atoms with van der Waals surface area (Å²) in [4.78, 5) is 27.4. The highest BCUT2D eigenvalue weighted by molar-refractivity contribution is 6.02. The lowest BCUT2D eigenvalue weighted by molar-refractivity contribution is -0.119. The first kappa shape index (κ1) is 17.0. The van der Waals surface area contributed by atoms with Gasteiger partial charge in [-0.05, 0) is 25.0 Å². The zero-order valence-electron chi connectivity index (χ0n) is 13.9. The second-order valence-corrected chi connectivity index (χ2v) is 6.14. The summed E-state index contributed by atoms with van der Waals surface area (Å²) in [5.74, 6) is 0.481. The molecule has 2 aromatic rings. The van der Waals surface area contributed by atoms with E-state index in [1.807, 2.05) is 0 Å². The third kappa shape index (κ3) is 4.59. The maximum absolute atomic E-state index is 12.3. The molecule has 25 heavy (non-hydrogen) atoms. The fourth-order valence-electron chi connectivity index (χ4n) is 2.94. The number of carbonyl (C=O) groups excluding carboxylic acids is 2. The Labute approximate surface area is 145 Å². The number of benzene rings is 1. The standard InChI is InChI=1S/C18H21N3O4/c19-16(22)11-24-14-8-4-7-13(9-14)20-17(23)15-10-25-18(21-15)12-5-2-1-3-6-12/h4,7-10,12H,1-3,5-6,11H2,(H2,19,22)(H,20,23). The first-order valence-corrected chi connectivity index (χ1v) is 8.40. The number of carbonyl (C=O) groups is 2. The Morgan fingerprint density at radius 2 is 2.08 bits per heavy atom. The monoisotopic (exact) mass is 343 g/mol. The number of nitrogens with zero attached hydrogens (tertiary/aromatic N) is 1. The summed E-state index contributed by atoms with van der Waals surface area (Å²) in [6.45, 7) is -0.217. The molecule has 0 unspecified atom stereocenters. The van der Waals surface area contributed by atoms with Gasteiger partial charge in [0.15, 0.2) is 18.2 Å². The molecule has 0 radical (unpaired) electrons. The molecule has 3 rings (SSSR count). The largest absolute Gasteiger partial charge is 0.484 e. The van der Waals surface area contributed by atoms with E-state index in [0.29, 0.717) is 23.2 Å². The van der Waals surface area contributed by atoms with Crippen LogP contribution < -0.4 is 15.8 Å². The lowest BCUT2D eigenvalue weighted by atomic mass is 9.89. The number of rotatable bonds is 6. The van der Waals surface area contributed by atoms with E-state index in [9.17, 15) is 9.59 Å². The van der Waals surface area contributed by atoms with Gasteiger partial charge in [0.2, 0.25) is 0 Å². The predicted octanol–water partition coefficient (Wildman–Crippen LogP) is 2.84. The number of aromatic nitrogens is 1. The van der Waals surface area contributed by atoms with Gasteiger partial charge in [-0.25, -0.2) is 4.98 Å². The first-order valence-electron chi connectivity index (χ1n) is 8.40. The third-order valence-electron chi connectivity index (χ3n) is 4.18. The topological polar surface area (TPSA) is 107 Å². The molecule has 7 heteroatoms. The SMILES string of the molecule is NC(=O)COc1cccc(NC(=O)c2coc(C3CCCCC3)n2)c1. The number of anilines is 1. The van der Waals surface area contributed by atoms with Crippen LogP contribution in [0.1, 0.15) is 54.4 Å². The number of amides is 2. The highest BCUT2D eigenvalue weighted by atomic mass is 16.5. The van der Waals surface area contributed by atoms with Crippen LogP contribution in [-0.2, 0) is 4.79 Å². The van der Waals surface area contributed by atoms with E-state index >= 15 is 0 Å². The van der Waals surface area contributed by atoms with E-state index in [1.165, 1.54) is 25.5 Å². The average molecular weight is 343 g/mol. The number of primary amides is 1. The van der Waals surface area contributed by atoms with E-state index in [-0.39, 0.29) is 18.2 Å². The molecule has 1 fully saturated rings. The van der Waals surface area contributed by atoms with Crippen LogP contribution in [0.4, 0.5) is 5.69 Å². The summed E-state index contributed by atoms with van der Waals surface area (Å²) in [6, 6.07) is 6.72. The van der Waals surface area contributed by atoms with E-state index in [2.05, 4.69) is 10.3 Å². The van der Waals surface area contributed by atoms with Crippen LogP contribution in [0.15, 0.2) is 34.9 Å². The Balaban J connectivity index is 1.63. The van der Waals surface area contributed by atoms with Crippen molar-refractivity contribution in [1.29, 1.82) is 0 Å². The van der Waals surface area contributed by atoms with Gasteiger partial charge in [-0.1, -0.05) is 25.3 Å². The molecule has 1 saturated carbocycles. The van der Waals surface area contributed by atoms with Crippen molar-refractivity contribution in [1.82, 2.24) is 4.98 Å². The first-order chi connectivity index (χ1) is 12.1. The van der Waals surface area contributed by atoms with Gasteiger partial charge in [0.1, 0.15) is 12.0 Å². The zero-order valence-corrected chi connectivity index (χ0v) is 13.9. The van der Waals surface area contributed by atoms with Gasteiger partial charge >= 0.3 is 0 Å². The summed E-state index contributed by atoms with van der Waals surface area (Å²) in [5.41, 5.74) is 5.84. The number of oxazole rings is 1. The third-order valence-corrected chi connectivity index (χ3v) is 4.18. The van der Waals surface area contributed by atoms with Gasteiger partial charge in [0.25, 0.3) is 11.8 Å². The fourth-order valence-corrected chi connectivity index (χ4v) is 2.94. The summed E-state index contributed by atoms with van der Waals surface area (Å²) in [6.07, 6.45) is 7.10. The average Bonchev–Trinajstić information content (AvgIpc) is 3.11. The summed E-state index contributed by atoms with van der Waals surface area (Å²) < 4.78 is 10.7. The van der Waals surface area contributed by atoms with Crippen molar-refractivity contribution >= 4 is 17.5 Å². The second kappa shape index (κ2) is 7.83. The summed E-state index contributed by atoms with van der Waals surface area (Å²) in [5, 5.41) is 2.74. The van der Waals surface area contributed by atoms with Crippen molar-refractivity contribution in [3.8, 4) is 5.75 Å². The van der Waals surface area contributed by atoms with Crippen LogP contribution >= 0.6 is 0 Å². The molecule has 1 aliphatic carbocycles. The fraction of sp³-hybridized carbons (Fsp3) is 0.389. The summed E-state index contributed by atoms with van der Waals surface area (Å²) in [7, 11) is 0. The molecule has 0 aliphatic heterocycles. The number of nitrogens with two attached hydrogens (primary N) is 1. The Morgan fingerprint density at radius 1 is 1.28 bits per heavy atom. The molecule has 132 valence electrons. The molecule has 0 bridgehead atoms. The van der Waals surface area contributed by atoms with E-state index in [0.717, 1.165) is 12.8 Å². The minimum atomic E-state index is -0.563. The van der Waals surface area contributed by atoms with Crippen LogP contribution in [0.3, 0.4) is 0 Å². The highest BCUT2D eigenvalue weighted by Gasteiger charge is 2.22. The molecule has 2 amide bonds. The Morgan fingerprint density at radius 3 is 2.84 bits per heavy atom. The predicted molar refractivity (Wildman–Crippen MR) is 91.4 cm³/mol. The van der Waals surface area contributed by atoms with Crippen molar-refractivity contribution in [2.24, 2.45) is 5.73 Å². The maximum atomic E-state index is 12.3. The molecule has 0 spiro atoms. The van der Waals surface area contributed by atoms with Crippen LogP contribution in [-0.4, -0.2) is 23.4 Å². The number of ether oxygens (including phenoxy) is 1. The lowest BCUT2D eigenvalue weighted by Gasteiger charge is -2.17. The second-order valence-electron chi connectivity index (χ2n) is 6.14. The Bertz CT molecular complexity index is 750. The van der Waals surface area contributed by atoms with Crippen LogP contribution in [0.2, 0.25) is 0 Å². The van der Waals surface area contributed by atoms with Crippen molar-refractivity contribution in [3.05, 3.63) is 42.1 Å². The quantitative estimate of drug-likeness (QED) is 0.838. The zero-order chi connectivity index (χ0) is 17.6. The van der Waals surface area contributed by atoms with E-state index in [1.54, 1.807) is 24.3 Å². The van der Waals surface area contributed by atoms with Crippen molar-refractivity contribution in [2.45, 2.75) is 38.0 Å². The number of hydrogen-bond acceptors (Lipinski definition) is 5. The van der Waals surface area contributed by atoms with Crippen molar-refractivity contribution < 1.29 is 18.7 Å². The van der Waals surface area contributed by atoms with Gasteiger partial charge in [0, 0.05) is 17.7 Å². The Hall–Kier alpha value is -2.83. The van der Waals surface area contributed by atoms with Gasteiger partial charge in [-0.2, -0.15) is 0 Å². The lowest BCUT2D eigenvalue weighted by Crippen LogP contribution is -2.20. The Kier molecular flexibility index (Phi) is 5.33. The smallest absolute Gasteiger partial charge is 0.277 e. The van der Waals surface area contributed by atoms with Gasteiger partial charge in [-0.15, -0.1) is 0 Å². The molecule has 7 nitrogen and oxygen atoms in total. The van der Waals surface area contributed by atoms with Gasteiger partial charge in [0.05, 0.1) is 0 Å². The molecular formula is C18H21N3O4. The minimum Gasteiger partial charge on any atom is -0.484 e. The summed E-state index contributed by atoms with van der Waals surface area (Å²) >= 11 is 0. The van der Waals surface area contributed by atoms with Crippen LogP contribution in [0.5, 0.6) is 5.75 Å². The van der Waals surface area contributed by atoms with Crippen LogP contribution in [0.25, 0.3) is 0 Å². The molecule has 1 aromatic heterocycles. The molecule has 0 saturated heterocycles. The van der Waals surface area contributed by atoms with Crippen molar-refractivity contribution in [2.75, 3.05) is 11.9 Å². The molecule has 3 N–H and O–H groups in total.